The van der Waals surface area contributed by atoms with Crippen LogP contribution in [0, 0.1) is 0 Å². The van der Waals surface area contributed by atoms with Gasteiger partial charge in [0, 0.05) is 32.8 Å². The number of anilines is 2. The number of benzene rings is 1. The molecule has 0 aromatic heterocycles. The first-order chi connectivity index (χ1) is 9.41. The average molecular weight is 277 g/mol. The zero-order chi connectivity index (χ0) is 14.8. The topological polar surface area (TPSA) is 67.6 Å². The number of ether oxygens (including phenoxy) is 1. The molecule has 1 fully saturated rings. The average Bonchev–Trinajstić information content (AvgIpc) is 2.84. The molecule has 0 spiro atoms. The number of nitrogens with zero attached hydrogens (tertiary/aromatic N) is 1. The Morgan fingerprint density at radius 2 is 2.25 bits per heavy atom. The van der Waals surface area contributed by atoms with E-state index in [-0.39, 0.29) is 11.5 Å². The third-order valence-corrected chi connectivity index (χ3v) is 3.66. The third kappa shape index (κ3) is 3.22. The van der Waals surface area contributed by atoms with E-state index >= 15 is 0 Å². The van der Waals surface area contributed by atoms with Gasteiger partial charge in [-0.15, -0.1) is 0 Å². The molecule has 110 valence electrons. The summed E-state index contributed by atoms with van der Waals surface area (Å²) in [6.07, 6.45) is 2.13. The monoisotopic (exact) mass is 277 g/mol. The molecule has 5 heteroatoms. The van der Waals surface area contributed by atoms with Crippen molar-refractivity contribution < 1.29 is 9.53 Å². The van der Waals surface area contributed by atoms with Crippen molar-refractivity contribution in [2.75, 3.05) is 38.3 Å². The van der Waals surface area contributed by atoms with Crippen LogP contribution in [0.5, 0.6) is 0 Å². The van der Waals surface area contributed by atoms with Gasteiger partial charge in [0.05, 0.1) is 17.0 Å². The van der Waals surface area contributed by atoms with Gasteiger partial charge in [-0.3, -0.25) is 4.79 Å². The van der Waals surface area contributed by atoms with Gasteiger partial charge in [0.15, 0.2) is 0 Å². The Morgan fingerprint density at radius 3 is 2.85 bits per heavy atom. The predicted molar refractivity (Wildman–Crippen MR) is 81.0 cm³/mol. The quantitative estimate of drug-likeness (QED) is 0.825. The summed E-state index contributed by atoms with van der Waals surface area (Å²) >= 11 is 0. The summed E-state index contributed by atoms with van der Waals surface area (Å²) in [7, 11) is 3.47. The maximum atomic E-state index is 12.0. The van der Waals surface area contributed by atoms with E-state index in [2.05, 4.69) is 12.2 Å². The summed E-state index contributed by atoms with van der Waals surface area (Å²) < 4.78 is 5.74. The van der Waals surface area contributed by atoms with E-state index in [4.69, 9.17) is 10.5 Å². The first-order valence-corrected chi connectivity index (χ1v) is 6.90. The van der Waals surface area contributed by atoms with E-state index in [9.17, 15) is 4.79 Å². The van der Waals surface area contributed by atoms with Gasteiger partial charge in [-0.1, -0.05) is 0 Å². The second-order valence-corrected chi connectivity index (χ2v) is 5.76. The van der Waals surface area contributed by atoms with Crippen molar-refractivity contribution in [3.05, 3.63) is 23.8 Å². The van der Waals surface area contributed by atoms with Crippen molar-refractivity contribution >= 4 is 17.3 Å². The van der Waals surface area contributed by atoms with E-state index in [0.717, 1.165) is 25.1 Å². The van der Waals surface area contributed by atoms with Crippen molar-refractivity contribution in [1.82, 2.24) is 4.90 Å². The number of carbonyl (C=O) groups is 1. The molecule has 3 N–H and O–H groups in total. The van der Waals surface area contributed by atoms with Crippen LogP contribution in [0.15, 0.2) is 18.2 Å². The van der Waals surface area contributed by atoms with Gasteiger partial charge < -0.3 is 20.7 Å². The molecule has 1 aliphatic heterocycles. The van der Waals surface area contributed by atoms with Crippen LogP contribution < -0.4 is 11.1 Å². The maximum absolute atomic E-state index is 12.0. The van der Waals surface area contributed by atoms with Crippen molar-refractivity contribution in [3.8, 4) is 0 Å². The van der Waals surface area contributed by atoms with Crippen LogP contribution in [0.1, 0.15) is 30.1 Å². The lowest BCUT2D eigenvalue weighted by molar-refractivity contribution is 0.0315. The summed E-state index contributed by atoms with van der Waals surface area (Å²) in [6, 6.07) is 5.31. The van der Waals surface area contributed by atoms with Gasteiger partial charge in [-0.2, -0.15) is 0 Å². The predicted octanol–water partition coefficient (Wildman–Crippen LogP) is 1.95. The lowest BCUT2D eigenvalue weighted by atomic mass is 10.0. The molecule has 1 aliphatic rings. The second-order valence-electron chi connectivity index (χ2n) is 5.76. The molecule has 20 heavy (non-hydrogen) atoms. The largest absolute Gasteiger partial charge is 0.397 e. The summed E-state index contributed by atoms with van der Waals surface area (Å²) in [5.41, 5.74) is 7.88. The summed E-state index contributed by atoms with van der Waals surface area (Å²) in [5, 5.41) is 3.31. The molecule has 0 bridgehead atoms. The number of nitrogens with two attached hydrogens (primary N) is 1. The van der Waals surface area contributed by atoms with E-state index in [1.54, 1.807) is 37.2 Å². The molecule has 1 saturated heterocycles. The van der Waals surface area contributed by atoms with E-state index in [1.165, 1.54) is 0 Å². The zero-order valence-electron chi connectivity index (χ0n) is 12.4. The fourth-order valence-electron chi connectivity index (χ4n) is 2.36. The van der Waals surface area contributed by atoms with Crippen molar-refractivity contribution in [1.29, 1.82) is 0 Å². The highest BCUT2D eigenvalue weighted by Crippen LogP contribution is 2.27. The Balaban J connectivity index is 2.10. The normalized spacial score (nSPS) is 21.8. The number of hydrogen-bond acceptors (Lipinski definition) is 4. The SMILES string of the molecule is CN(C)C(=O)c1ccc(N)c(NCC2(C)CCCO2)c1. The van der Waals surface area contributed by atoms with Crippen molar-refractivity contribution in [3.63, 3.8) is 0 Å². The van der Waals surface area contributed by atoms with E-state index in [0.29, 0.717) is 17.8 Å². The van der Waals surface area contributed by atoms with Gasteiger partial charge in [0.1, 0.15) is 0 Å². The van der Waals surface area contributed by atoms with Crippen molar-refractivity contribution in [2.45, 2.75) is 25.4 Å². The lowest BCUT2D eigenvalue weighted by Crippen LogP contribution is -2.32. The van der Waals surface area contributed by atoms with E-state index < -0.39 is 0 Å². The Hall–Kier alpha value is -1.75. The molecule has 1 unspecified atom stereocenters. The highest BCUT2D eigenvalue weighted by atomic mass is 16.5. The van der Waals surface area contributed by atoms with Gasteiger partial charge in [-0.05, 0) is 38.0 Å². The highest BCUT2D eigenvalue weighted by Gasteiger charge is 2.29. The number of carbonyl (C=O) groups excluding carboxylic acids is 1. The second kappa shape index (κ2) is 5.71. The number of amides is 1. The number of nitrogens with one attached hydrogen (secondary N) is 1. The zero-order valence-corrected chi connectivity index (χ0v) is 12.4. The minimum atomic E-state index is -0.145. The van der Waals surface area contributed by atoms with Crippen LogP contribution in [0.3, 0.4) is 0 Å². The van der Waals surface area contributed by atoms with Crippen LogP contribution >= 0.6 is 0 Å². The Morgan fingerprint density at radius 1 is 1.50 bits per heavy atom. The third-order valence-electron chi connectivity index (χ3n) is 3.66. The molecular weight excluding hydrogens is 254 g/mol. The molecule has 1 aromatic rings. The van der Waals surface area contributed by atoms with Gasteiger partial charge in [-0.25, -0.2) is 0 Å². The molecule has 1 atom stereocenters. The standard InChI is InChI=1S/C15H23N3O2/c1-15(7-4-8-20-15)10-17-13-9-11(5-6-12(13)16)14(19)18(2)3/h5-6,9,17H,4,7-8,10,16H2,1-3H3. The molecule has 0 saturated carbocycles. The van der Waals surface area contributed by atoms with Crippen LogP contribution in [0.4, 0.5) is 11.4 Å². The summed E-state index contributed by atoms with van der Waals surface area (Å²) in [5.74, 6) is -0.0311. The maximum Gasteiger partial charge on any atom is 0.253 e. The lowest BCUT2D eigenvalue weighted by Gasteiger charge is -2.24. The van der Waals surface area contributed by atoms with Crippen LogP contribution in [-0.2, 0) is 4.74 Å². The molecule has 1 aromatic carbocycles. The molecule has 0 aliphatic carbocycles. The molecule has 1 heterocycles. The van der Waals surface area contributed by atoms with Crippen LogP contribution in [0.2, 0.25) is 0 Å². The fraction of sp³-hybridized carbons (Fsp3) is 0.533. The molecule has 0 radical (unpaired) electrons. The Kier molecular flexibility index (Phi) is 4.18. The smallest absolute Gasteiger partial charge is 0.253 e. The van der Waals surface area contributed by atoms with E-state index in [1.807, 2.05) is 0 Å². The number of rotatable bonds is 4. The fourth-order valence-corrected chi connectivity index (χ4v) is 2.36. The molecular formula is C15H23N3O2. The molecule has 2 rings (SSSR count). The molecule has 1 amide bonds. The molecule has 5 nitrogen and oxygen atoms in total. The van der Waals surface area contributed by atoms with Crippen LogP contribution in [0.25, 0.3) is 0 Å². The minimum absolute atomic E-state index is 0.0311. The first-order valence-electron chi connectivity index (χ1n) is 6.90. The Labute approximate surface area is 120 Å². The number of hydrogen-bond donors (Lipinski definition) is 2. The summed E-state index contributed by atoms with van der Waals surface area (Å²) in [4.78, 5) is 13.5. The van der Waals surface area contributed by atoms with Gasteiger partial charge in [0.25, 0.3) is 5.91 Å². The highest BCUT2D eigenvalue weighted by molar-refractivity contribution is 5.95. The first kappa shape index (κ1) is 14.7. The Bertz CT molecular complexity index is 494. The minimum Gasteiger partial charge on any atom is -0.397 e. The van der Waals surface area contributed by atoms with Crippen LogP contribution in [-0.4, -0.2) is 43.7 Å². The number of nitrogen functional groups attached to an aromatic ring is 1. The van der Waals surface area contributed by atoms with Gasteiger partial charge >= 0.3 is 0 Å². The summed E-state index contributed by atoms with van der Waals surface area (Å²) in [6.45, 7) is 3.60. The van der Waals surface area contributed by atoms with Crippen molar-refractivity contribution in [2.24, 2.45) is 0 Å². The van der Waals surface area contributed by atoms with Gasteiger partial charge in [0.2, 0.25) is 0 Å².